The van der Waals surface area contributed by atoms with Crippen molar-refractivity contribution in [1.29, 1.82) is 0 Å². The summed E-state index contributed by atoms with van der Waals surface area (Å²) in [6.45, 7) is 0. The van der Waals surface area contributed by atoms with Crippen LogP contribution in [-0.4, -0.2) is 11.4 Å². The molecule has 1 aliphatic carbocycles. The molecule has 1 fully saturated rings. The van der Waals surface area contributed by atoms with Crippen molar-refractivity contribution in [3.05, 3.63) is 0 Å². The van der Waals surface area contributed by atoms with Gasteiger partial charge in [-0.3, -0.25) is 5.26 Å². The predicted molar refractivity (Wildman–Crippen MR) is 35.2 cm³/mol. The minimum atomic E-state index is 0.132. The smallest absolute Gasteiger partial charge is 0.0927 e. The molecule has 1 rings (SSSR count). The molecule has 54 valence electrons. The van der Waals surface area contributed by atoms with Crippen molar-refractivity contribution >= 4 is 0 Å². The maximum absolute atomic E-state index is 8.32. The molecule has 0 radical (unpaired) electrons. The average molecular weight is 130 g/mol. The third-order valence-electron chi connectivity index (χ3n) is 1.95. The lowest BCUT2D eigenvalue weighted by atomic mass is 10.2. The predicted octanol–water partition coefficient (Wildman–Crippen LogP) is 2.20. The molecule has 2 nitrogen and oxygen atoms in total. The summed E-state index contributed by atoms with van der Waals surface area (Å²) < 4.78 is 0. The molecule has 0 amide bonds. The van der Waals surface area contributed by atoms with E-state index in [2.05, 4.69) is 4.89 Å². The van der Waals surface area contributed by atoms with Crippen LogP contribution in [0.3, 0.4) is 0 Å². The van der Waals surface area contributed by atoms with Crippen LogP contribution in [-0.2, 0) is 4.89 Å². The van der Waals surface area contributed by atoms with Gasteiger partial charge in [-0.05, 0) is 12.8 Å². The van der Waals surface area contributed by atoms with Crippen LogP contribution in [0.4, 0.5) is 0 Å². The summed E-state index contributed by atoms with van der Waals surface area (Å²) in [4.78, 5) is 4.27. The van der Waals surface area contributed by atoms with Crippen LogP contribution >= 0.6 is 0 Å². The van der Waals surface area contributed by atoms with Crippen LogP contribution in [0, 0.1) is 0 Å². The molecule has 1 N–H and O–H groups in total. The highest BCUT2D eigenvalue weighted by atomic mass is 17.1. The minimum absolute atomic E-state index is 0.132. The van der Waals surface area contributed by atoms with E-state index in [4.69, 9.17) is 5.26 Å². The van der Waals surface area contributed by atoms with E-state index < -0.39 is 0 Å². The molecular weight excluding hydrogens is 116 g/mol. The van der Waals surface area contributed by atoms with Crippen molar-refractivity contribution in [3.63, 3.8) is 0 Å². The van der Waals surface area contributed by atoms with Gasteiger partial charge in [0.2, 0.25) is 0 Å². The van der Waals surface area contributed by atoms with E-state index in [1.165, 1.54) is 25.7 Å². The Morgan fingerprint density at radius 3 is 2.00 bits per heavy atom. The second-order valence-electron chi connectivity index (χ2n) is 2.72. The topological polar surface area (TPSA) is 29.5 Å². The molecule has 0 aromatic rings. The highest BCUT2D eigenvalue weighted by Gasteiger charge is 2.11. The van der Waals surface area contributed by atoms with Crippen molar-refractivity contribution in [2.45, 2.75) is 44.6 Å². The standard InChI is InChI=1S/C7H14O2/c8-9-7-5-3-1-2-4-6-7/h7-8H,1-6H2. The Morgan fingerprint density at radius 1 is 1.00 bits per heavy atom. The van der Waals surface area contributed by atoms with Gasteiger partial charge in [-0.25, -0.2) is 4.89 Å². The Bertz CT molecular complexity index is 65.3. The zero-order valence-corrected chi connectivity index (χ0v) is 5.68. The van der Waals surface area contributed by atoms with Crippen LogP contribution < -0.4 is 0 Å². The van der Waals surface area contributed by atoms with E-state index in [0.29, 0.717) is 0 Å². The number of rotatable bonds is 1. The quantitative estimate of drug-likeness (QED) is 0.335. The van der Waals surface area contributed by atoms with Crippen LogP contribution in [0.5, 0.6) is 0 Å². The summed E-state index contributed by atoms with van der Waals surface area (Å²) >= 11 is 0. The molecule has 2 heteroatoms. The molecule has 1 aliphatic rings. The highest BCUT2D eigenvalue weighted by molar-refractivity contribution is 4.61. The lowest BCUT2D eigenvalue weighted by Crippen LogP contribution is -2.07. The summed E-state index contributed by atoms with van der Waals surface area (Å²) in [6.07, 6.45) is 7.25. The average Bonchev–Trinajstić information content (AvgIpc) is 2.13. The first-order valence-electron chi connectivity index (χ1n) is 3.73. The van der Waals surface area contributed by atoms with Gasteiger partial charge in [0.05, 0.1) is 6.10 Å². The molecule has 0 aliphatic heterocycles. The number of hydrogen-bond donors (Lipinski definition) is 1. The lowest BCUT2D eigenvalue weighted by Gasteiger charge is -2.07. The monoisotopic (exact) mass is 130 g/mol. The Hall–Kier alpha value is -0.0800. The second-order valence-corrected chi connectivity index (χ2v) is 2.72. The van der Waals surface area contributed by atoms with Gasteiger partial charge in [0.15, 0.2) is 0 Å². The summed E-state index contributed by atoms with van der Waals surface area (Å²) in [5.74, 6) is 0. The van der Waals surface area contributed by atoms with Crippen molar-refractivity contribution in [1.82, 2.24) is 0 Å². The van der Waals surface area contributed by atoms with Crippen molar-refractivity contribution in [3.8, 4) is 0 Å². The Balaban J connectivity index is 2.18. The molecule has 0 aromatic heterocycles. The third kappa shape index (κ3) is 2.33. The van der Waals surface area contributed by atoms with Gasteiger partial charge < -0.3 is 0 Å². The molecule has 0 saturated heterocycles. The lowest BCUT2D eigenvalue weighted by molar-refractivity contribution is -0.280. The van der Waals surface area contributed by atoms with Gasteiger partial charge in [0, 0.05) is 0 Å². The van der Waals surface area contributed by atoms with Gasteiger partial charge in [0.1, 0.15) is 0 Å². The Morgan fingerprint density at radius 2 is 1.56 bits per heavy atom. The van der Waals surface area contributed by atoms with Gasteiger partial charge in [-0.15, -0.1) is 0 Å². The van der Waals surface area contributed by atoms with Crippen molar-refractivity contribution in [2.75, 3.05) is 0 Å². The van der Waals surface area contributed by atoms with Crippen LogP contribution in [0.25, 0.3) is 0 Å². The second kappa shape index (κ2) is 3.85. The molecule has 0 heterocycles. The maximum atomic E-state index is 8.32. The van der Waals surface area contributed by atoms with Crippen molar-refractivity contribution < 1.29 is 10.1 Å². The zero-order chi connectivity index (χ0) is 6.53. The van der Waals surface area contributed by atoms with Gasteiger partial charge in [-0.1, -0.05) is 25.7 Å². The molecule has 0 atom stereocenters. The fraction of sp³-hybridized carbons (Fsp3) is 1.00. The molecule has 0 bridgehead atoms. The largest absolute Gasteiger partial charge is 0.252 e. The van der Waals surface area contributed by atoms with Crippen LogP contribution in [0.1, 0.15) is 38.5 Å². The van der Waals surface area contributed by atoms with E-state index in [1.807, 2.05) is 0 Å². The Labute approximate surface area is 55.8 Å². The highest BCUT2D eigenvalue weighted by Crippen LogP contribution is 2.18. The van der Waals surface area contributed by atoms with Crippen LogP contribution in [0.2, 0.25) is 0 Å². The normalized spacial score (nSPS) is 23.7. The molecular formula is C7H14O2. The van der Waals surface area contributed by atoms with E-state index in [9.17, 15) is 0 Å². The van der Waals surface area contributed by atoms with E-state index in [-0.39, 0.29) is 6.10 Å². The molecule has 0 unspecified atom stereocenters. The molecule has 9 heavy (non-hydrogen) atoms. The first-order valence-corrected chi connectivity index (χ1v) is 3.73. The minimum Gasteiger partial charge on any atom is -0.252 e. The summed E-state index contributed by atoms with van der Waals surface area (Å²) in [6, 6.07) is 0. The summed E-state index contributed by atoms with van der Waals surface area (Å²) in [7, 11) is 0. The van der Waals surface area contributed by atoms with Gasteiger partial charge in [0.25, 0.3) is 0 Å². The summed E-state index contributed by atoms with van der Waals surface area (Å²) in [5.41, 5.74) is 0. The third-order valence-corrected chi connectivity index (χ3v) is 1.95. The fourth-order valence-corrected chi connectivity index (χ4v) is 1.35. The fourth-order valence-electron chi connectivity index (χ4n) is 1.35. The molecule has 0 spiro atoms. The first kappa shape index (κ1) is 7.03. The summed E-state index contributed by atoms with van der Waals surface area (Å²) in [5, 5.41) is 8.32. The SMILES string of the molecule is OOC1CCCCCC1. The zero-order valence-electron chi connectivity index (χ0n) is 5.68. The van der Waals surface area contributed by atoms with Gasteiger partial charge >= 0.3 is 0 Å². The van der Waals surface area contributed by atoms with Crippen LogP contribution in [0.15, 0.2) is 0 Å². The van der Waals surface area contributed by atoms with E-state index in [1.54, 1.807) is 0 Å². The van der Waals surface area contributed by atoms with Gasteiger partial charge in [-0.2, -0.15) is 0 Å². The molecule has 1 saturated carbocycles. The molecule has 0 aromatic carbocycles. The number of hydrogen-bond acceptors (Lipinski definition) is 2. The maximum Gasteiger partial charge on any atom is 0.0927 e. The van der Waals surface area contributed by atoms with Crippen molar-refractivity contribution in [2.24, 2.45) is 0 Å². The van der Waals surface area contributed by atoms with E-state index in [0.717, 1.165) is 12.8 Å². The van der Waals surface area contributed by atoms with E-state index >= 15 is 0 Å². The first-order chi connectivity index (χ1) is 4.43. The Kier molecular flexibility index (Phi) is 3.01.